The summed E-state index contributed by atoms with van der Waals surface area (Å²) in [6.07, 6.45) is 4.59. The van der Waals surface area contributed by atoms with Crippen molar-refractivity contribution in [3.05, 3.63) is 29.6 Å². The molecule has 21 heavy (non-hydrogen) atoms. The van der Waals surface area contributed by atoms with Crippen LogP contribution in [0.5, 0.6) is 0 Å². The molecule has 2 heterocycles. The van der Waals surface area contributed by atoms with Crippen LogP contribution in [0, 0.1) is 6.92 Å². The van der Waals surface area contributed by atoms with E-state index >= 15 is 0 Å². The highest BCUT2D eigenvalue weighted by molar-refractivity contribution is 7.87. The number of nitrogens with zero attached hydrogens (tertiary/aromatic N) is 2. The first-order chi connectivity index (χ1) is 10.0. The normalized spacial score (nSPS) is 20.6. The highest BCUT2D eigenvalue weighted by Gasteiger charge is 2.31. The molecule has 1 aliphatic rings. The molecule has 118 valence electrons. The van der Waals surface area contributed by atoms with Crippen molar-refractivity contribution in [1.82, 2.24) is 19.3 Å². The number of pyridine rings is 1. The third-order valence-electron chi connectivity index (χ3n) is 3.86. The second-order valence-electron chi connectivity index (χ2n) is 5.41. The van der Waals surface area contributed by atoms with E-state index in [1.165, 1.54) is 0 Å². The molecule has 0 aliphatic carbocycles. The van der Waals surface area contributed by atoms with Gasteiger partial charge in [0.15, 0.2) is 0 Å². The van der Waals surface area contributed by atoms with Crippen molar-refractivity contribution in [3.8, 4) is 0 Å². The Morgan fingerprint density at radius 2 is 2.24 bits per heavy atom. The maximum absolute atomic E-state index is 12.5. The fraction of sp³-hybridized carbons (Fsp3) is 0.643. The predicted octanol–water partition coefficient (Wildman–Crippen LogP) is 0.798. The molecule has 1 atom stereocenters. The summed E-state index contributed by atoms with van der Waals surface area (Å²) >= 11 is 0. The van der Waals surface area contributed by atoms with E-state index in [4.69, 9.17) is 0 Å². The second kappa shape index (κ2) is 7.31. The maximum atomic E-state index is 12.5. The lowest BCUT2D eigenvalue weighted by atomic mass is 10.1. The number of rotatable bonds is 6. The highest BCUT2D eigenvalue weighted by atomic mass is 32.2. The van der Waals surface area contributed by atoms with E-state index in [9.17, 15) is 8.42 Å². The van der Waals surface area contributed by atoms with Gasteiger partial charge < -0.3 is 5.32 Å². The molecule has 1 aromatic rings. The summed E-state index contributed by atoms with van der Waals surface area (Å²) in [4.78, 5) is 4.22. The van der Waals surface area contributed by atoms with Crippen LogP contribution in [0.2, 0.25) is 0 Å². The van der Waals surface area contributed by atoms with E-state index in [0.29, 0.717) is 13.1 Å². The Kier molecular flexibility index (Phi) is 5.69. The monoisotopic (exact) mass is 312 g/mol. The Hall–Kier alpha value is -1.02. The SMILES string of the molecule is CNCC1CCCCN1S(=O)(=O)NCc1ncccc1C. The number of piperidine rings is 1. The van der Waals surface area contributed by atoms with Crippen LogP contribution in [0.3, 0.4) is 0 Å². The first kappa shape index (κ1) is 16.4. The van der Waals surface area contributed by atoms with Gasteiger partial charge in [0, 0.05) is 25.3 Å². The van der Waals surface area contributed by atoms with E-state index in [-0.39, 0.29) is 12.6 Å². The molecule has 1 saturated heterocycles. The molecule has 2 rings (SSSR count). The second-order valence-corrected chi connectivity index (χ2v) is 7.12. The average Bonchev–Trinajstić information content (AvgIpc) is 2.47. The largest absolute Gasteiger partial charge is 0.318 e. The zero-order valence-corrected chi connectivity index (χ0v) is 13.5. The van der Waals surface area contributed by atoms with Gasteiger partial charge in [-0.05, 0) is 38.4 Å². The molecule has 7 heteroatoms. The van der Waals surface area contributed by atoms with Crippen LogP contribution in [-0.4, -0.2) is 43.9 Å². The van der Waals surface area contributed by atoms with E-state index in [1.54, 1.807) is 10.5 Å². The molecular weight excluding hydrogens is 288 g/mol. The summed E-state index contributed by atoms with van der Waals surface area (Å²) < 4.78 is 29.3. The third kappa shape index (κ3) is 4.23. The lowest BCUT2D eigenvalue weighted by molar-refractivity contribution is 0.246. The van der Waals surface area contributed by atoms with E-state index in [0.717, 1.165) is 30.5 Å². The number of likely N-dealkylation sites (N-methyl/N-ethyl adjacent to an activating group) is 1. The minimum Gasteiger partial charge on any atom is -0.318 e. The van der Waals surface area contributed by atoms with E-state index in [2.05, 4.69) is 15.0 Å². The summed E-state index contributed by atoms with van der Waals surface area (Å²) in [5.41, 5.74) is 1.76. The lowest BCUT2D eigenvalue weighted by Gasteiger charge is -2.34. The number of nitrogens with one attached hydrogen (secondary N) is 2. The van der Waals surface area contributed by atoms with Gasteiger partial charge in [-0.2, -0.15) is 17.4 Å². The molecule has 0 spiro atoms. The van der Waals surface area contributed by atoms with Crippen molar-refractivity contribution >= 4 is 10.2 Å². The van der Waals surface area contributed by atoms with Crippen molar-refractivity contribution in [1.29, 1.82) is 0 Å². The molecule has 6 nitrogen and oxygen atoms in total. The van der Waals surface area contributed by atoms with Gasteiger partial charge in [0.25, 0.3) is 10.2 Å². The first-order valence-electron chi connectivity index (χ1n) is 7.36. The summed E-state index contributed by atoms with van der Waals surface area (Å²) in [7, 11) is -1.62. The Balaban J connectivity index is 2.05. The first-order valence-corrected chi connectivity index (χ1v) is 8.80. The summed E-state index contributed by atoms with van der Waals surface area (Å²) in [5, 5.41) is 3.08. The van der Waals surface area contributed by atoms with Gasteiger partial charge in [0.1, 0.15) is 0 Å². The predicted molar refractivity (Wildman–Crippen MR) is 83.0 cm³/mol. The average molecular weight is 312 g/mol. The molecule has 0 saturated carbocycles. The Morgan fingerprint density at radius 3 is 2.95 bits per heavy atom. The van der Waals surface area contributed by atoms with Gasteiger partial charge in [0.2, 0.25) is 0 Å². The van der Waals surface area contributed by atoms with Crippen LogP contribution in [0.25, 0.3) is 0 Å². The summed E-state index contributed by atoms with van der Waals surface area (Å²) in [5.74, 6) is 0. The standard InChI is InChI=1S/C14H24N4O2S/c1-12-6-5-8-16-14(12)11-17-21(19,20)18-9-4-3-7-13(18)10-15-2/h5-6,8,13,15,17H,3-4,7,9-11H2,1-2H3. The van der Waals surface area contributed by atoms with Gasteiger partial charge in [-0.25, -0.2) is 0 Å². The van der Waals surface area contributed by atoms with Crippen LogP contribution in [-0.2, 0) is 16.8 Å². The topological polar surface area (TPSA) is 74.3 Å². The molecule has 1 fully saturated rings. The van der Waals surface area contributed by atoms with Crippen LogP contribution in [0.15, 0.2) is 18.3 Å². The smallest absolute Gasteiger partial charge is 0.280 e. The molecule has 0 bridgehead atoms. The van der Waals surface area contributed by atoms with Gasteiger partial charge in [-0.1, -0.05) is 12.5 Å². The quantitative estimate of drug-likeness (QED) is 0.815. The molecule has 1 unspecified atom stereocenters. The number of hydrogen-bond acceptors (Lipinski definition) is 4. The van der Waals surface area contributed by atoms with Crippen LogP contribution >= 0.6 is 0 Å². The fourth-order valence-electron chi connectivity index (χ4n) is 2.68. The number of aryl methyl sites for hydroxylation is 1. The molecule has 1 aromatic heterocycles. The zero-order chi connectivity index (χ0) is 15.3. The van der Waals surface area contributed by atoms with E-state index < -0.39 is 10.2 Å². The van der Waals surface area contributed by atoms with Crippen molar-refractivity contribution in [2.45, 2.75) is 38.8 Å². The molecule has 0 aromatic carbocycles. The number of aromatic nitrogens is 1. The summed E-state index contributed by atoms with van der Waals surface area (Å²) in [6.45, 7) is 3.44. The van der Waals surface area contributed by atoms with Gasteiger partial charge in [-0.3, -0.25) is 4.98 Å². The fourth-order valence-corrected chi connectivity index (χ4v) is 4.10. The van der Waals surface area contributed by atoms with Gasteiger partial charge >= 0.3 is 0 Å². The van der Waals surface area contributed by atoms with Crippen LogP contribution in [0.4, 0.5) is 0 Å². The zero-order valence-electron chi connectivity index (χ0n) is 12.7. The lowest BCUT2D eigenvalue weighted by Crippen LogP contribution is -2.51. The van der Waals surface area contributed by atoms with Crippen molar-refractivity contribution in [2.75, 3.05) is 20.1 Å². The molecule has 0 radical (unpaired) electrons. The summed E-state index contributed by atoms with van der Waals surface area (Å²) in [6, 6.07) is 3.81. The van der Waals surface area contributed by atoms with E-state index in [1.807, 2.05) is 26.1 Å². The minimum absolute atomic E-state index is 0.0334. The minimum atomic E-state index is -3.47. The van der Waals surface area contributed by atoms with Gasteiger partial charge in [0.05, 0.1) is 12.2 Å². The Bertz CT molecular complexity index is 560. The van der Waals surface area contributed by atoms with Crippen LogP contribution in [0.1, 0.15) is 30.5 Å². The molecular formula is C14H24N4O2S. The Labute approximate surface area is 127 Å². The highest BCUT2D eigenvalue weighted by Crippen LogP contribution is 2.19. The maximum Gasteiger partial charge on any atom is 0.280 e. The molecule has 2 N–H and O–H groups in total. The molecule has 1 aliphatic heterocycles. The van der Waals surface area contributed by atoms with Crippen molar-refractivity contribution < 1.29 is 8.42 Å². The third-order valence-corrected chi connectivity index (χ3v) is 5.47. The molecule has 0 amide bonds. The Morgan fingerprint density at radius 1 is 1.43 bits per heavy atom. The van der Waals surface area contributed by atoms with Crippen molar-refractivity contribution in [3.63, 3.8) is 0 Å². The van der Waals surface area contributed by atoms with Crippen LogP contribution < -0.4 is 10.0 Å². The number of hydrogen-bond donors (Lipinski definition) is 2. The van der Waals surface area contributed by atoms with Crippen molar-refractivity contribution in [2.24, 2.45) is 0 Å². The van der Waals surface area contributed by atoms with Gasteiger partial charge in [-0.15, -0.1) is 0 Å².